The summed E-state index contributed by atoms with van der Waals surface area (Å²) in [5.74, 6) is -0.502. The molecule has 2 heterocycles. The second-order valence-corrected chi connectivity index (χ2v) is 9.11. The summed E-state index contributed by atoms with van der Waals surface area (Å²) < 4.78 is 0. The van der Waals surface area contributed by atoms with Crippen LogP contribution in [-0.4, -0.2) is 39.2 Å². The monoisotopic (exact) mass is 492 g/mol. The number of piperidine rings is 1. The molecule has 35 heavy (non-hydrogen) atoms. The number of carbonyl (C=O) groups is 1. The van der Waals surface area contributed by atoms with Crippen LogP contribution in [-0.2, 0) is 6.42 Å². The Morgan fingerprint density at radius 1 is 1.14 bits per heavy atom. The van der Waals surface area contributed by atoms with Gasteiger partial charge >= 0.3 is 0 Å². The summed E-state index contributed by atoms with van der Waals surface area (Å²) in [6, 6.07) is 12.3. The lowest BCUT2D eigenvalue weighted by molar-refractivity contribution is -0.384. The van der Waals surface area contributed by atoms with Gasteiger partial charge in [-0.15, -0.1) is 0 Å². The molecule has 3 N–H and O–H groups in total. The Morgan fingerprint density at radius 2 is 1.86 bits per heavy atom. The molecule has 2 aromatic carbocycles. The minimum Gasteiger partial charge on any atom is -0.366 e. The van der Waals surface area contributed by atoms with Crippen LogP contribution in [0.2, 0.25) is 0 Å². The van der Waals surface area contributed by atoms with Crippen LogP contribution in [0.4, 0.5) is 17.1 Å². The Bertz CT molecular complexity index is 1230. The van der Waals surface area contributed by atoms with Crippen LogP contribution in [0.1, 0.15) is 52.1 Å². The first-order valence-electron chi connectivity index (χ1n) is 11.6. The Balaban J connectivity index is 1.38. The van der Waals surface area contributed by atoms with Crippen LogP contribution in [0.5, 0.6) is 0 Å². The highest BCUT2D eigenvalue weighted by Crippen LogP contribution is 2.31. The van der Waals surface area contributed by atoms with Crippen molar-refractivity contribution in [3.8, 4) is 0 Å². The molecule has 0 saturated carbocycles. The van der Waals surface area contributed by atoms with Crippen molar-refractivity contribution in [2.45, 2.75) is 39.5 Å². The van der Waals surface area contributed by atoms with E-state index >= 15 is 0 Å². The summed E-state index contributed by atoms with van der Waals surface area (Å²) in [7, 11) is 0. The zero-order valence-electron chi connectivity index (χ0n) is 19.8. The highest BCUT2D eigenvalue weighted by Gasteiger charge is 2.23. The molecule has 1 aliphatic heterocycles. The molecule has 0 bridgehead atoms. The first-order chi connectivity index (χ1) is 16.8. The normalized spacial score (nSPS) is 13.4. The van der Waals surface area contributed by atoms with Crippen molar-refractivity contribution in [3.05, 3.63) is 80.7 Å². The average molecular weight is 493 g/mol. The van der Waals surface area contributed by atoms with Crippen molar-refractivity contribution in [2.24, 2.45) is 0 Å². The summed E-state index contributed by atoms with van der Waals surface area (Å²) in [4.78, 5) is 26.0. The van der Waals surface area contributed by atoms with Crippen LogP contribution in [0, 0.1) is 24.0 Å². The third kappa shape index (κ3) is 5.83. The number of nitrogens with one attached hydrogen (secondary N) is 3. The summed E-state index contributed by atoms with van der Waals surface area (Å²) in [6.07, 6.45) is 3.90. The Hall–Kier alpha value is -3.79. The average Bonchev–Trinajstić information content (AvgIpc) is 3.17. The van der Waals surface area contributed by atoms with Crippen LogP contribution in [0.25, 0.3) is 0 Å². The third-order valence-corrected chi connectivity index (χ3v) is 6.44. The van der Waals surface area contributed by atoms with Gasteiger partial charge in [0.1, 0.15) is 5.69 Å². The van der Waals surface area contributed by atoms with E-state index in [1.54, 1.807) is 12.1 Å². The van der Waals surface area contributed by atoms with E-state index in [0.717, 1.165) is 61.4 Å². The second-order valence-electron chi connectivity index (χ2n) is 8.70. The molecule has 0 aliphatic carbocycles. The molecule has 4 rings (SSSR count). The molecule has 1 amide bonds. The van der Waals surface area contributed by atoms with E-state index in [9.17, 15) is 14.9 Å². The van der Waals surface area contributed by atoms with E-state index in [0.29, 0.717) is 5.69 Å². The van der Waals surface area contributed by atoms with E-state index in [4.69, 9.17) is 12.2 Å². The Kier molecular flexibility index (Phi) is 7.40. The zero-order chi connectivity index (χ0) is 24.9. The highest BCUT2D eigenvalue weighted by molar-refractivity contribution is 7.80. The lowest BCUT2D eigenvalue weighted by Gasteiger charge is -2.28. The number of aryl methyl sites for hydroxylation is 2. The van der Waals surface area contributed by atoms with Crippen LogP contribution in [0.15, 0.2) is 42.5 Å². The van der Waals surface area contributed by atoms with E-state index in [1.807, 2.05) is 43.0 Å². The lowest BCUT2D eigenvalue weighted by Crippen LogP contribution is -2.34. The van der Waals surface area contributed by atoms with Gasteiger partial charge in [-0.2, -0.15) is 5.10 Å². The van der Waals surface area contributed by atoms with Crippen molar-refractivity contribution in [1.29, 1.82) is 0 Å². The van der Waals surface area contributed by atoms with E-state index in [1.165, 1.54) is 11.6 Å². The maximum Gasteiger partial charge on any atom is 0.293 e. The van der Waals surface area contributed by atoms with Crippen molar-refractivity contribution in [1.82, 2.24) is 15.5 Å². The molecular weight excluding hydrogens is 464 g/mol. The topological polar surface area (TPSA) is 116 Å². The van der Waals surface area contributed by atoms with Gasteiger partial charge in [-0.05, 0) is 75.2 Å². The van der Waals surface area contributed by atoms with Crippen molar-refractivity contribution in [3.63, 3.8) is 0 Å². The number of nitro benzene ring substituents is 1. The molecule has 1 aromatic heterocycles. The summed E-state index contributed by atoms with van der Waals surface area (Å²) in [5.41, 5.74) is 5.72. The number of nitrogens with zero attached hydrogens (tertiary/aromatic N) is 3. The van der Waals surface area contributed by atoms with Gasteiger partial charge in [-0.25, -0.2) is 0 Å². The summed E-state index contributed by atoms with van der Waals surface area (Å²) in [6.45, 7) is 5.54. The standard InChI is InChI=1S/C25H28N6O3S/c1-16-21(17(2)29-28-16)14-18-6-9-20(10-7-18)26-25(35)27-24(32)19-8-11-22(23(15-19)31(33)34)30-12-4-3-5-13-30/h6-11,15H,3-5,12-14H2,1-2H3,(H,28,29)(H2,26,27,32,35). The van der Waals surface area contributed by atoms with E-state index in [2.05, 4.69) is 20.8 Å². The zero-order valence-corrected chi connectivity index (χ0v) is 20.6. The molecular formula is C25H28N6O3S. The molecule has 10 heteroatoms. The number of rotatable bonds is 6. The SMILES string of the molecule is Cc1n[nH]c(C)c1Cc1ccc(NC(=S)NC(=O)c2ccc(N3CCCCC3)c([N+](=O)[O-])c2)cc1. The van der Waals surface area contributed by atoms with Crippen molar-refractivity contribution < 1.29 is 9.72 Å². The number of H-pyrrole nitrogens is 1. The number of nitro groups is 1. The van der Waals surface area contributed by atoms with E-state index in [-0.39, 0.29) is 16.4 Å². The van der Waals surface area contributed by atoms with Crippen LogP contribution in [0.3, 0.4) is 0 Å². The first-order valence-corrected chi connectivity index (χ1v) is 12.0. The van der Waals surface area contributed by atoms with Gasteiger partial charge in [0, 0.05) is 48.1 Å². The van der Waals surface area contributed by atoms with Crippen molar-refractivity contribution in [2.75, 3.05) is 23.3 Å². The molecule has 1 saturated heterocycles. The van der Waals surface area contributed by atoms with E-state index < -0.39 is 10.8 Å². The number of benzene rings is 2. The molecule has 1 fully saturated rings. The minimum absolute atomic E-state index is 0.0721. The molecule has 182 valence electrons. The number of aromatic amines is 1. The fourth-order valence-electron chi connectivity index (χ4n) is 4.30. The first kappa shape index (κ1) is 24.3. The maximum atomic E-state index is 12.7. The fourth-order valence-corrected chi connectivity index (χ4v) is 4.51. The van der Waals surface area contributed by atoms with Gasteiger partial charge in [0.05, 0.1) is 10.6 Å². The molecule has 0 spiro atoms. The van der Waals surface area contributed by atoms with Gasteiger partial charge in [-0.1, -0.05) is 12.1 Å². The number of thiocarbonyl (C=S) groups is 1. The van der Waals surface area contributed by atoms with Gasteiger partial charge in [0.25, 0.3) is 11.6 Å². The lowest BCUT2D eigenvalue weighted by atomic mass is 10.0. The number of hydrogen-bond acceptors (Lipinski definition) is 6. The predicted octanol–water partition coefficient (Wildman–Crippen LogP) is 4.64. The molecule has 3 aromatic rings. The largest absolute Gasteiger partial charge is 0.366 e. The quantitative estimate of drug-likeness (QED) is 0.261. The fraction of sp³-hybridized carbons (Fsp3) is 0.320. The molecule has 0 radical (unpaired) electrons. The van der Waals surface area contributed by atoms with Crippen LogP contribution < -0.4 is 15.5 Å². The second kappa shape index (κ2) is 10.6. The van der Waals surface area contributed by atoms with Crippen molar-refractivity contribution >= 4 is 40.3 Å². The molecule has 1 aliphatic rings. The number of carbonyl (C=O) groups excluding carboxylic acids is 1. The Morgan fingerprint density at radius 3 is 2.49 bits per heavy atom. The number of aromatic nitrogens is 2. The minimum atomic E-state index is -0.502. The predicted molar refractivity (Wildman–Crippen MR) is 140 cm³/mol. The van der Waals surface area contributed by atoms with Crippen LogP contribution >= 0.6 is 12.2 Å². The van der Waals surface area contributed by atoms with Gasteiger partial charge in [0.2, 0.25) is 0 Å². The molecule has 0 atom stereocenters. The molecule has 0 unspecified atom stereocenters. The smallest absolute Gasteiger partial charge is 0.293 e. The molecule has 9 nitrogen and oxygen atoms in total. The third-order valence-electron chi connectivity index (χ3n) is 6.23. The summed E-state index contributed by atoms with van der Waals surface area (Å²) in [5, 5.41) is 24.6. The number of anilines is 2. The highest BCUT2D eigenvalue weighted by atomic mass is 32.1. The number of amides is 1. The number of hydrogen-bond donors (Lipinski definition) is 3. The van der Waals surface area contributed by atoms with Gasteiger partial charge in [0.15, 0.2) is 5.11 Å². The Labute approximate surface area is 209 Å². The summed E-state index contributed by atoms with van der Waals surface area (Å²) >= 11 is 5.29. The van der Waals surface area contributed by atoms with Gasteiger partial charge in [-0.3, -0.25) is 25.3 Å². The van der Waals surface area contributed by atoms with Gasteiger partial charge < -0.3 is 10.2 Å². The maximum absolute atomic E-state index is 12.7.